The summed E-state index contributed by atoms with van der Waals surface area (Å²) in [6.45, 7) is 0. The monoisotopic (exact) mass is 346 g/mol. The van der Waals surface area contributed by atoms with Crippen molar-refractivity contribution in [2.24, 2.45) is 7.05 Å². The van der Waals surface area contributed by atoms with Crippen LogP contribution in [-0.2, 0) is 7.05 Å². The summed E-state index contributed by atoms with van der Waals surface area (Å²) in [7, 11) is 1.76. The first-order chi connectivity index (χ1) is 8.47. The Balaban J connectivity index is 2.21. The fourth-order valence-corrected chi connectivity index (χ4v) is 2.27. The maximum Gasteiger partial charge on any atom is 0.272 e. The topological polar surface area (TPSA) is 34.0 Å². The first kappa shape index (κ1) is 13.5. The number of aryl methyl sites for hydroxylation is 1. The Bertz CT molecular complexity index is 610. The average molecular weight is 348 g/mol. The van der Waals surface area contributed by atoms with Crippen LogP contribution in [0.25, 0.3) is 0 Å². The molecule has 0 aliphatic rings. The van der Waals surface area contributed by atoms with Crippen molar-refractivity contribution >= 4 is 50.7 Å². The van der Waals surface area contributed by atoms with Gasteiger partial charge in [-0.1, -0.05) is 23.2 Å². The molecule has 94 valence electrons. The number of carbonyl (C=O) groups excluding carboxylic acids is 1. The van der Waals surface area contributed by atoms with Gasteiger partial charge in [0.15, 0.2) is 0 Å². The third-order valence-corrected chi connectivity index (χ3v) is 3.80. The van der Waals surface area contributed by atoms with E-state index < -0.39 is 0 Å². The van der Waals surface area contributed by atoms with Crippen molar-refractivity contribution in [2.75, 3.05) is 5.32 Å². The molecule has 0 aliphatic heterocycles. The Morgan fingerprint density at radius 3 is 2.61 bits per heavy atom. The van der Waals surface area contributed by atoms with Crippen LogP contribution in [0.15, 0.2) is 34.9 Å². The molecule has 0 spiro atoms. The molecular formula is C12H9BrCl2N2O. The molecule has 1 heterocycles. The summed E-state index contributed by atoms with van der Waals surface area (Å²) in [4.78, 5) is 12.0. The number of rotatable bonds is 2. The fraction of sp³-hybridized carbons (Fsp3) is 0.0833. The largest absolute Gasteiger partial charge is 0.345 e. The molecule has 3 nitrogen and oxygen atoms in total. The summed E-state index contributed by atoms with van der Waals surface area (Å²) in [6, 6.07) is 6.79. The number of halogens is 3. The number of nitrogens with zero attached hydrogens (tertiary/aromatic N) is 1. The number of benzene rings is 1. The van der Waals surface area contributed by atoms with Crippen molar-refractivity contribution in [3.8, 4) is 0 Å². The molecule has 1 amide bonds. The van der Waals surface area contributed by atoms with Crippen LogP contribution in [0.3, 0.4) is 0 Å². The van der Waals surface area contributed by atoms with E-state index in [1.807, 2.05) is 0 Å². The van der Waals surface area contributed by atoms with Crippen LogP contribution >= 0.6 is 39.1 Å². The normalized spacial score (nSPS) is 10.4. The predicted octanol–water partition coefficient (Wildman–Crippen LogP) is 4.35. The molecule has 1 aromatic heterocycles. The molecule has 6 heteroatoms. The Labute approximate surface area is 123 Å². The molecule has 0 radical (unpaired) electrons. The maximum absolute atomic E-state index is 12.0. The van der Waals surface area contributed by atoms with Crippen LogP contribution in [0.5, 0.6) is 0 Å². The Hall–Kier alpha value is -0.970. The number of anilines is 1. The molecule has 1 aromatic carbocycles. The summed E-state index contributed by atoms with van der Waals surface area (Å²) < 4.78 is 2.40. The molecule has 2 aromatic rings. The zero-order chi connectivity index (χ0) is 13.3. The first-order valence-corrected chi connectivity index (χ1v) is 6.60. The van der Waals surface area contributed by atoms with Crippen LogP contribution in [0.4, 0.5) is 5.69 Å². The van der Waals surface area contributed by atoms with Gasteiger partial charge in [-0.2, -0.15) is 0 Å². The summed E-state index contributed by atoms with van der Waals surface area (Å²) in [5.74, 6) is -0.223. The quantitative estimate of drug-likeness (QED) is 0.861. The number of hydrogen-bond donors (Lipinski definition) is 1. The van der Waals surface area contributed by atoms with Crippen molar-refractivity contribution in [1.82, 2.24) is 4.57 Å². The van der Waals surface area contributed by atoms with Gasteiger partial charge in [-0.25, -0.2) is 0 Å². The number of nitrogens with one attached hydrogen (secondary N) is 1. The predicted molar refractivity (Wildman–Crippen MR) is 77.5 cm³/mol. The third-order valence-electron chi connectivity index (χ3n) is 2.38. The van der Waals surface area contributed by atoms with E-state index in [0.717, 1.165) is 4.47 Å². The van der Waals surface area contributed by atoms with Crippen LogP contribution < -0.4 is 5.32 Å². The lowest BCUT2D eigenvalue weighted by molar-refractivity contribution is 0.101. The van der Waals surface area contributed by atoms with Gasteiger partial charge in [-0.3, -0.25) is 4.79 Å². The van der Waals surface area contributed by atoms with Gasteiger partial charge in [0.1, 0.15) is 5.69 Å². The van der Waals surface area contributed by atoms with Crippen LogP contribution in [0, 0.1) is 0 Å². The van der Waals surface area contributed by atoms with E-state index in [9.17, 15) is 4.79 Å². The number of hydrogen-bond acceptors (Lipinski definition) is 1. The minimum Gasteiger partial charge on any atom is -0.345 e. The highest BCUT2D eigenvalue weighted by Crippen LogP contribution is 2.26. The van der Waals surface area contributed by atoms with E-state index in [1.165, 1.54) is 0 Å². The highest BCUT2D eigenvalue weighted by Gasteiger charge is 2.11. The Morgan fingerprint density at radius 1 is 1.33 bits per heavy atom. The molecule has 0 bridgehead atoms. The average Bonchev–Trinajstić information content (AvgIpc) is 2.63. The Kier molecular flexibility index (Phi) is 4.00. The van der Waals surface area contributed by atoms with Crippen molar-refractivity contribution in [3.63, 3.8) is 0 Å². The van der Waals surface area contributed by atoms with Gasteiger partial charge in [0.25, 0.3) is 5.91 Å². The first-order valence-electron chi connectivity index (χ1n) is 5.05. The minimum atomic E-state index is -0.223. The molecule has 0 saturated heterocycles. The lowest BCUT2D eigenvalue weighted by Crippen LogP contribution is -2.15. The molecular weight excluding hydrogens is 339 g/mol. The molecule has 0 aliphatic carbocycles. The SMILES string of the molecule is Cn1cc(Cl)cc1C(=O)Nc1ccc(Cl)c(Br)c1. The van der Waals surface area contributed by atoms with Gasteiger partial charge in [-0.15, -0.1) is 0 Å². The van der Waals surface area contributed by atoms with Gasteiger partial charge in [0.05, 0.1) is 10.0 Å². The summed E-state index contributed by atoms with van der Waals surface area (Å²) in [5, 5.41) is 3.89. The van der Waals surface area contributed by atoms with Crippen molar-refractivity contribution in [1.29, 1.82) is 0 Å². The van der Waals surface area contributed by atoms with E-state index in [-0.39, 0.29) is 5.91 Å². The molecule has 0 atom stereocenters. The van der Waals surface area contributed by atoms with E-state index in [4.69, 9.17) is 23.2 Å². The van der Waals surface area contributed by atoms with Gasteiger partial charge in [-0.05, 0) is 40.2 Å². The second kappa shape index (κ2) is 5.34. The fourth-order valence-electron chi connectivity index (χ4n) is 1.52. The molecule has 2 rings (SSSR count). The van der Waals surface area contributed by atoms with E-state index in [1.54, 1.807) is 42.1 Å². The van der Waals surface area contributed by atoms with Crippen molar-refractivity contribution < 1.29 is 4.79 Å². The van der Waals surface area contributed by atoms with Gasteiger partial charge in [0, 0.05) is 23.4 Å². The highest BCUT2D eigenvalue weighted by molar-refractivity contribution is 9.10. The van der Waals surface area contributed by atoms with E-state index in [2.05, 4.69) is 21.2 Å². The van der Waals surface area contributed by atoms with E-state index in [0.29, 0.717) is 21.4 Å². The molecule has 0 saturated carbocycles. The standard InChI is InChI=1S/C12H9BrCl2N2O/c1-17-6-7(14)4-11(17)12(18)16-8-2-3-10(15)9(13)5-8/h2-6H,1H3,(H,16,18). The lowest BCUT2D eigenvalue weighted by atomic mass is 10.3. The smallest absolute Gasteiger partial charge is 0.272 e. The minimum absolute atomic E-state index is 0.223. The highest BCUT2D eigenvalue weighted by atomic mass is 79.9. The molecule has 1 N–H and O–H groups in total. The van der Waals surface area contributed by atoms with Crippen LogP contribution in [0.2, 0.25) is 10.0 Å². The Morgan fingerprint density at radius 2 is 2.06 bits per heavy atom. The van der Waals surface area contributed by atoms with E-state index >= 15 is 0 Å². The molecule has 0 fully saturated rings. The number of aromatic nitrogens is 1. The second-order valence-electron chi connectivity index (χ2n) is 3.74. The lowest BCUT2D eigenvalue weighted by Gasteiger charge is -2.07. The van der Waals surface area contributed by atoms with Crippen LogP contribution in [-0.4, -0.2) is 10.5 Å². The van der Waals surface area contributed by atoms with Gasteiger partial charge >= 0.3 is 0 Å². The summed E-state index contributed by atoms with van der Waals surface area (Å²) in [5.41, 5.74) is 1.15. The zero-order valence-electron chi connectivity index (χ0n) is 9.38. The number of amides is 1. The maximum atomic E-state index is 12.0. The number of carbonyl (C=O) groups is 1. The zero-order valence-corrected chi connectivity index (χ0v) is 12.5. The molecule has 18 heavy (non-hydrogen) atoms. The second-order valence-corrected chi connectivity index (χ2v) is 5.44. The van der Waals surface area contributed by atoms with Gasteiger partial charge < -0.3 is 9.88 Å². The third kappa shape index (κ3) is 2.88. The van der Waals surface area contributed by atoms with Gasteiger partial charge in [0.2, 0.25) is 0 Å². The summed E-state index contributed by atoms with van der Waals surface area (Å²) in [6.07, 6.45) is 1.67. The molecule has 0 unspecified atom stereocenters. The van der Waals surface area contributed by atoms with Crippen molar-refractivity contribution in [3.05, 3.63) is 50.7 Å². The van der Waals surface area contributed by atoms with Crippen molar-refractivity contribution in [2.45, 2.75) is 0 Å². The summed E-state index contributed by atoms with van der Waals surface area (Å²) >= 11 is 15.0. The van der Waals surface area contributed by atoms with Crippen LogP contribution in [0.1, 0.15) is 10.5 Å².